The van der Waals surface area contributed by atoms with Crippen LogP contribution < -0.4 is 5.56 Å². The molecule has 2 aliphatic heterocycles. The average molecular weight is 234 g/mol. The number of rotatable bonds is 0. The lowest BCUT2D eigenvalue weighted by atomic mass is 10.2. The van der Waals surface area contributed by atoms with E-state index in [1.54, 1.807) is 10.7 Å². The summed E-state index contributed by atoms with van der Waals surface area (Å²) in [6, 6.07) is 3.07. The van der Waals surface area contributed by atoms with Gasteiger partial charge >= 0.3 is 0 Å². The van der Waals surface area contributed by atoms with Gasteiger partial charge in [0.25, 0.3) is 5.56 Å². The summed E-state index contributed by atoms with van der Waals surface area (Å²) in [4.78, 5) is 11.9. The summed E-state index contributed by atoms with van der Waals surface area (Å²) in [7, 11) is 0. The molecule has 1 fully saturated rings. The third-order valence-corrected chi connectivity index (χ3v) is 3.38. The van der Waals surface area contributed by atoms with Crippen molar-refractivity contribution < 1.29 is 9.84 Å². The molecule has 0 saturated carbocycles. The molecule has 7 nitrogen and oxygen atoms in total. The lowest BCUT2D eigenvalue weighted by Gasteiger charge is -2.17. The third kappa shape index (κ3) is 1.10. The first kappa shape index (κ1) is 9.32. The van der Waals surface area contributed by atoms with E-state index in [4.69, 9.17) is 4.74 Å². The number of hydrogen-bond acceptors (Lipinski definition) is 5. The van der Waals surface area contributed by atoms with Gasteiger partial charge in [0.1, 0.15) is 11.6 Å². The molecule has 88 valence electrons. The van der Waals surface area contributed by atoms with Crippen LogP contribution in [0.4, 0.5) is 0 Å². The highest BCUT2D eigenvalue weighted by atomic mass is 16.5. The smallest absolute Gasteiger partial charge is 0.254 e. The number of aromatic nitrogens is 4. The van der Waals surface area contributed by atoms with Gasteiger partial charge in [-0.25, -0.2) is 4.68 Å². The Hall–Kier alpha value is -1.73. The van der Waals surface area contributed by atoms with Crippen molar-refractivity contribution in [3.8, 4) is 0 Å². The Bertz CT molecular complexity index is 661. The molecule has 0 radical (unpaired) electrons. The zero-order valence-electron chi connectivity index (χ0n) is 8.85. The van der Waals surface area contributed by atoms with E-state index in [2.05, 4.69) is 10.3 Å². The van der Waals surface area contributed by atoms with Crippen molar-refractivity contribution in [2.45, 2.75) is 31.4 Å². The first-order valence-corrected chi connectivity index (χ1v) is 5.52. The van der Waals surface area contributed by atoms with Crippen LogP contribution in [0, 0.1) is 0 Å². The molecule has 2 bridgehead atoms. The molecule has 4 heterocycles. The highest BCUT2D eigenvalue weighted by Crippen LogP contribution is 2.33. The monoisotopic (exact) mass is 234 g/mol. The van der Waals surface area contributed by atoms with Gasteiger partial charge in [0.15, 0.2) is 11.9 Å². The fourth-order valence-electron chi connectivity index (χ4n) is 2.65. The van der Waals surface area contributed by atoms with Gasteiger partial charge in [-0.05, 0) is 6.07 Å². The standard InChI is InChI=1S/C10H10N4O3/c15-7-3-5-4-13-9-6(11-12-13)1-2-8(16)14(9)10(7)17-5/h1-2,5,7,10,15H,3-4H2/t5-,7?,10+/m0/s1. The van der Waals surface area contributed by atoms with Gasteiger partial charge in [-0.1, -0.05) is 5.21 Å². The number of pyridine rings is 1. The van der Waals surface area contributed by atoms with E-state index < -0.39 is 12.3 Å². The second kappa shape index (κ2) is 2.93. The first-order chi connectivity index (χ1) is 8.24. The lowest BCUT2D eigenvalue weighted by Crippen LogP contribution is -2.30. The zero-order chi connectivity index (χ0) is 11.6. The molecule has 0 aromatic carbocycles. The minimum absolute atomic E-state index is 0.112. The Labute approximate surface area is 95.2 Å². The van der Waals surface area contributed by atoms with Crippen LogP contribution in [0.1, 0.15) is 12.6 Å². The third-order valence-electron chi connectivity index (χ3n) is 3.38. The Kier molecular flexibility index (Phi) is 1.61. The van der Waals surface area contributed by atoms with Crippen molar-refractivity contribution in [1.29, 1.82) is 0 Å². The highest BCUT2D eigenvalue weighted by Gasteiger charge is 2.40. The van der Waals surface area contributed by atoms with Crippen LogP contribution >= 0.6 is 0 Å². The molecular formula is C10H10N4O3. The molecule has 17 heavy (non-hydrogen) atoms. The maximum absolute atomic E-state index is 11.9. The number of nitrogens with zero attached hydrogens (tertiary/aromatic N) is 4. The largest absolute Gasteiger partial charge is 0.388 e. The van der Waals surface area contributed by atoms with E-state index >= 15 is 0 Å². The van der Waals surface area contributed by atoms with Crippen LogP contribution in [0.15, 0.2) is 16.9 Å². The van der Waals surface area contributed by atoms with Crippen LogP contribution in [-0.2, 0) is 11.3 Å². The van der Waals surface area contributed by atoms with Crippen LogP contribution in [0.5, 0.6) is 0 Å². The number of aliphatic hydroxyl groups excluding tert-OH is 1. The molecular weight excluding hydrogens is 224 g/mol. The van der Waals surface area contributed by atoms with Crippen molar-refractivity contribution in [1.82, 2.24) is 19.6 Å². The minimum atomic E-state index is -0.646. The Morgan fingerprint density at radius 1 is 1.47 bits per heavy atom. The summed E-state index contributed by atoms with van der Waals surface area (Å²) in [6.45, 7) is 0.521. The topological polar surface area (TPSA) is 82.2 Å². The number of fused-ring (bicyclic) bond motifs is 3. The van der Waals surface area contributed by atoms with E-state index in [-0.39, 0.29) is 11.7 Å². The molecule has 1 unspecified atom stereocenters. The van der Waals surface area contributed by atoms with Crippen molar-refractivity contribution in [2.75, 3.05) is 0 Å². The molecule has 4 rings (SSSR count). The van der Waals surface area contributed by atoms with E-state index in [9.17, 15) is 9.90 Å². The van der Waals surface area contributed by atoms with Crippen molar-refractivity contribution in [3.63, 3.8) is 0 Å². The second-order valence-electron chi connectivity index (χ2n) is 4.47. The molecule has 3 atom stereocenters. The normalized spacial score (nSPS) is 30.8. The summed E-state index contributed by atoms with van der Waals surface area (Å²) in [5.41, 5.74) is 1.07. The van der Waals surface area contributed by atoms with E-state index in [1.165, 1.54) is 10.6 Å². The molecule has 2 aromatic heterocycles. The predicted molar refractivity (Wildman–Crippen MR) is 56.3 cm³/mol. The molecule has 2 aromatic rings. The fraction of sp³-hybridized carbons (Fsp3) is 0.500. The highest BCUT2D eigenvalue weighted by molar-refractivity contribution is 5.70. The van der Waals surface area contributed by atoms with Crippen molar-refractivity contribution in [2.24, 2.45) is 0 Å². The molecule has 1 saturated heterocycles. The maximum atomic E-state index is 11.9. The van der Waals surface area contributed by atoms with Gasteiger partial charge < -0.3 is 9.84 Å². The minimum Gasteiger partial charge on any atom is -0.388 e. The lowest BCUT2D eigenvalue weighted by molar-refractivity contribution is -0.0350. The predicted octanol–water partition coefficient (Wildman–Crippen LogP) is -0.745. The van der Waals surface area contributed by atoms with E-state index in [0.717, 1.165) is 0 Å². The van der Waals surface area contributed by atoms with Crippen LogP contribution in [0.25, 0.3) is 11.2 Å². The summed E-state index contributed by atoms with van der Waals surface area (Å²) in [6.07, 6.45) is -0.852. The van der Waals surface area contributed by atoms with E-state index in [0.29, 0.717) is 24.1 Å². The fourth-order valence-corrected chi connectivity index (χ4v) is 2.65. The summed E-state index contributed by atoms with van der Waals surface area (Å²) < 4.78 is 8.80. The molecule has 0 aliphatic carbocycles. The number of aliphatic hydroxyl groups is 1. The average Bonchev–Trinajstić information content (AvgIpc) is 2.79. The summed E-state index contributed by atoms with van der Waals surface area (Å²) in [5, 5.41) is 18.0. The van der Waals surface area contributed by atoms with Gasteiger partial charge in [0, 0.05) is 12.5 Å². The summed E-state index contributed by atoms with van der Waals surface area (Å²) >= 11 is 0. The molecule has 1 N–H and O–H groups in total. The van der Waals surface area contributed by atoms with Crippen molar-refractivity contribution in [3.05, 3.63) is 22.5 Å². The molecule has 0 spiro atoms. The maximum Gasteiger partial charge on any atom is 0.254 e. The quantitative estimate of drug-likeness (QED) is 0.649. The zero-order valence-corrected chi connectivity index (χ0v) is 8.85. The molecule has 7 heteroatoms. The number of hydrogen-bond donors (Lipinski definition) is 1. The molecule has 0 amide bonds. The van der Waals surface area contributed by atoms with Gasteiger partial charge in [-0.3, -0.25) is 9.36 Å². The number of ether oxygens (including phenoxy) is 1. The Morgan fingerprint density at radius 2 is 2.35 bits per heavy atom. The SMILES string of the molecule is O=c1ccc2nnn3c2n1[C@@H]1O[C@@H](CC1O)C3. The van der Waals surface area contributed by atoms with Gasteiger partial charge in [-0.2, -0.15) is 0 Å². The van der Waals surface area contributed by atoms with Gasteiger partial charge in [-0.15, -0.1) is 5.10 Å². The van der Waals surface area contributed by atoms with Gasteiger partial charge in [0.05, 0.1) is 12.6 Å². The Morgan fingerprint density at radius 3 is 3.24 bits per heavy atom. The summed E-state index contributed by atoms with van der Waals surface area (Å²) in [5.74, 6) is 0. The van der Waals surface area contributed by atoms with Crippen LogP contribution in [0.2, 0.25) is 0 Å². The van der Waals surface area contributed by atoms with E-state index in [1.807, 2.05) is 0 Å². The van der Waals surface area contributed by atoms with Crippen LogP contribution in [-0.4, -0.2) is 36.9 Å². The second-order valence-corrected chi connectivity index (χ2v) is 4.47. The first-order valence-electron chi connectivity index (χ1n) is 5.52. The Balaban J connectivity index is 2.14. The molecule has 2 aliphatic rings. The van der Waals surface area contributed by atoms with Crippen LogP contribution in [0.3, 0.4) is 0 Å². The van der Waals surface area contributed by atoms with Crippen molar-refractivity contribution >= 4 is 11.2 Å². The van der Waals surface area contributed by atoms with Gasteiger partial charge in [0.2, 0.25) is 0 Å².